The number of aromatic nitrogens is 1. The van der Waals surface area contributed by atoms with Crippen molar-refractivity contribution in [2.45, 2.75) is 0 Å². The molecule has 26 heavy (non-hydrogen) atoms. The van der Waals surface area contributed by atoms with Gasteiger partial charge in [0.1, 0.15) is 5.75 Å². The average molecular weight is 337 g/mol. The van der Waals surface area contributed by atoms with E-state index in [0.29, 0.717) is 22.6 Å². The van der Waals surface area contributed by atoms with Gasteiger partial charge in [0.25, 0.3) is 0 Å². The summed E-state index contributed by atoms with van der Waals surface area (Å²) >= 11 is 0. The van der Waals surface area contributed by atoms with Crippen LogP contribution in [0.2, 0.25) is 0 Å². The maximum atomic E-state index is 12.9. The van der Waals surface area contributed by atoms with E-state index in [9.17, 15) is 4.79 Å². The number of rotatable bonds is 2. The molecule has 0 bridgehead atoms. The van der Waals surface area contributed by atoms with Crippen molar-refractivity contribution >= 4 is 16.6 Å². The maximum Gasteiger partial charge on any atom is 0.196 e. The second-order valence-corrected chi connectivity index (χ2v) is 6.36. The van der Waals surface area contributed by atoms with Crippen LogP contribution in [-0.2, 0) is 0 Å². The molecule has 3 aromatic carbocycles. The number of ketones is 1. The Labute approximate surface area is 150 Å². The lowest BCUT2D eigenvalue weighted by Crippen LogP contribution is -1.96. The first kappa shape index (κ1) is 14.8. The molecule has 3 nitrogen and oxygen atoms in total. The van der Waals surface area contributed by atoms with Crippen LogP contribution in [0, 0.1) is 0 Å². The molecule has 0 atom stereocenters. The van der Waals surface area contributed by atoms with Gasteiger partial charge in [-0.25, -0.2) is 0 Å². The SMILES string of the molecule is COc1cccc2c1-c1ncc(-c3cccc4ccccc34)cc1C2=O. The highest BCUT2D eigenvalue weighted by Crippen LogP contribution is 2.42. The normalized spacial score (nSPS) is 12.1. The fourth-order valence-electron chi connectivity index (χ4n) is 3.74. The minimum atomic E-state index is 0.00323. The van der Waals surface area contributed by atoms with E-state index in [0.717, 1.165) is 22.1 Å². The van der Waals surface area contributed by atoms with Crippen molar-refractivity contribution in [1.29, 1.82) is 0 Å². The lowest BCUT2D eigenvalue weighted by molar-refractivity contribution is 0.104. The number of fused-ring (bicyclic) bond motifs is 4. The fraction of sp³-hybridized carbons (Fsp3) is 0.0435. The average Bonchev–Trinajstić information content (AvgIpc) is 2.99. The number of nitrogens with zero attached hydrogens (tertiary/aromatic N) is 1. The van der Waals surface area contributed by atoms with Crippen molar-refractivity contribution < 1.29 is 9.53 Å². The fourth-order valence-corrected chi connectivity index (χ4v) is 3.74. The van der Waals surface area contributed by atoms with E-state index in [4.69, 9.17) is 4.74 Å². The molecule has 0 radical (unpaired) electrons. The van der Waals surface area contributed by atoms with Crippen molar-refractivity contribution in [3.8, 4) is 28.1 Å². The van der Waals surface area contributed by atoms with Crippen LogP contribution >= 0.6 is 0 Å². The molecule has 0 N–H and O–H groups in total. The highest BCUT2D eigenvalue weighted by atomic mass is 16.5. The monoisotopic (exact) mass is 337 g/mol. The molecule has 3 heteroatoms. The number of carbonyl (C=O) groups excluding carboxylic acids is 1. The Morgan fingerprint density at radius 3 is 2.50 bits per heavy atom. The first-order valence-electron chi connectivity index (χ1n) is 8.48. The van der Waals surface area contributed by atoms with Crippen molar-refractivity contribution in [2.24, 2.45) is 0 Å². The summed E-state index contributed by atoms with van der Waals surface area (Å²) in [5, 5.41) is 2.32. The summed E-state index contributed by atoms with van der Waals surface area (Å²) in [6.45, 7) is 0. The second kappa shape index (κ2) is 5.53. The van der Waals surface area contributed by atoms with Crippen molar-refractivity contribution in [3.63, 3.8) is 0 Å². The van der Waals surface area contributed by atoms with Gasteiger partial charge in [-0.3, -0.25) is 9.78 Å². The lowest BCUT2D eigenvalue weighted by atomic mass is 9.98. The third-order valence-electron chi connectivity index (χ3n) is 4.96. The van der Waals surface area contributed by atoms with Crippen LogP contribution in [0.5, 0.6) is 5.75 Å². The highest BCUT2D eigenvalue weighted by molar-refractivity contribution is 6.22. The van der Waals surface area contributed by atoms with Crippen LogP contribution < -0.4 is 4.74 Å². The molecule has 1 aliphatic rings. The molecule has 0 spiro atoms. The van der Waals surface area contributed by atoms with E-state index in [1.165, 1.54) is 5.39 Å². The van der Waals surface area contributed by atoms with E-state index >= 15 is 0 Å². The van der Waals surface area contributed by atoms with Crippen LogP contribution in [0.1, 0.15) is 15.9 Å². The number of carbonyl (C=O) groups is 1. The predicted molar refractivity (Wildman–Crippen MR) is 103 cm³/mol. The van der Waals surface area contributed by atoms with Crippen LogP contribution in [0.15, 0.2) is 72.9 Å². The van der Waals surface area contributed by atoms with Crippen molar-refractivity contribution in [1.82, 2.24) is 4.98 Å². The molecule has 5 rings (SSSR count). The Morgan fingerprint density at radius 2 is 1.62 bits per heavy atom. The summed E-state index contributed by atoms with van der Waals surface area (Å²) in [7, 11) is 1.61. The van der Waals surface area contributed by atoms with Gasteiger partial charge >= 0.3 is 0 Å². The largest absolute Gasteiger partial charge is 0.496 e. The van der Waals surface area contributed by atoms with Gasteiger partial charge < -0.3 is 4.74 Å². The Hall–Kier alpha value is -3.46. The van der Waals surface area contributed by atoms with Crippen molar-refractivity contribution in [3.05, 3.63) is 84.1 Å². The van der Waals surface area contributed by atoms with Crippen LogP contribution in [0.4, 0.5) is 0 Å². The van der Waals surface area contributed by atoms with Crippen LogP contribution in [0.25, 0.3) is 33.2 Å². The topological polar surface area (TPSA) is 39.2 Å². The molecule has 0 saturated carbocycles. The van der Waals surface area contributed by atoms with Crippen LogP contribution in [-0.4, -0.2) is 17.9 Å². The molecule has 1 aromatic heterocycles. The molecule has 0 saturated heterocycles. The summed E-state index contributed by atoms with van der Waals surface area (Å²) in [6.07, 6.45) is 1.84. The molecule has 4 aromatic rings. The van der Waals surface area contributed by atoms with E-state index < -0.39 is 0 Å². The van der Waals surface area contributed by atoms with Crippen molar-refractivity contribution in [2.75, 3.05) is 7.11 Å². The molecule has 1 heterocycles. The number of benzene rings is 3. The molecule has 0 fully saturated rings. The van der Waals surface area contributed by atoms with Gasteiger partial charge in [-0.05, 0) is 28.5 Å². The third kappa shape index (κ3) is 2.01. The zero-order valence-electron chi connectivity index (χ0n) is 14.2. The van der Waals surface area contributed by atoms with E-state index in [-0.39, 0.29) is 5.78 Å². The Morgan fingerprint density at radius 1 is 0.846 bits per heavy atom. The standard InChI is InChI=1S/C23H15NO2/c1-26-20-11-5-10-18-21(20)22-19(23(18)25)12-15(13-24-22)17-9-4-7-14-6-2-3-8-16(14)17/h2-13H,1H3. The van der Waals surface area contributed by atoms with Crippen LogP contribution in [0.3, 0.4) is 0 Å². The Bertz CT molecular complexity index is 1190. The van der Waals surface area contributed by atoms with E-state index in [1.54, 1.807) is 7.11 Å². The van der Waals surface area contributed by atoms with E-state index in [2.05, 4.69) is 29.2 Å². The minimum absolute atomic E-state index is 0.00323. The quantitative estimate of drug-likeness (QED) is 0.449. The molecule has 0 unspecified atom stereocenters. The highest BCUT2D eigenvalue weighted by Gasteiger charge is 2.31. The number of pyridine rings is 1. The summed E-state index contributed by atoms with van der Waals surface area (Å²) < 4.78 is 5.44. The van der Waals surface area contributed by atoms with Gasteiger partial charge in [0, 0.05) is 22.9 Å². The van der Waals surface area contributed by atoms with Gasteiger partial charge in [0.15, 0.2) is 5.78 Å². The number of hydrogen-bond donors (Lipinski definition) is 0. The summed E-state index contributed by atoms with van der Waals surface area (Å²) in [6, 6.07) is 21.9. The van der Waals surface area contributed by atoms with Gasteiger partial charge in [0.2, 0.25) is 0 Å². The molecular weight excluding hydrogens is 322 g/mol. The van der Waals surface area contributed by atoms with E-state index in [1.807, 2.05) is 48.7 Å². The summed E-state index contributed by atoms with van der Waals surface area (Å²) in [4.78, 5) is 17.5. The lowest BCUT2D eigenvalue weighted by Gasteiger charge is -2.09. The second-order valence-electron chi connectivity index (χ2n) is 6.36. The minimum Gasteiger partial charge on any atom is -0.496 e. The van der Waals surface area contributed by atoms with Gasteiger partial charge in [-0.1, -0.05) is 54.6 Å². The molecule has 1 aliphatic carbocycles. The van der Waals surface area contributed by atoms with Gasteiger partial charge in [0.05, 0.1) is 18.4 Å². The maximum absolute atomic E-state index is 12.9. The Balaban J connectivity index is 1.74. The number of methoxy groups -OCH3 is 1. The van der Waals surface area contributed by atoms with Gasteiger partial charge in [-0.15, -0.1) is 0 Å². The predicted octanol–water partition coefficient (Wildman–Crippen LogP) is 5.12. The number of hydrogen-bond acceptors (Lipinski definition) is 3. The zero-order valence-corrected chi connectivity index (χ0v) is 14.2. The summed E-state index contributed by atoms with van der Waals surface area (Å²) in [5.41, 5.74) is 4.80. The molecular formula is C23H15NO2. The molecule has 124 valence electrons. The first-order valence-corrected chi connectivity index (χ1v) is 8.48. The molecule has 0 aliphatic heterocycles. The third-order valence-corrected chi connectivity index (χ3v) is 4.96. The molecule has 0 amide bonds. The van der Waals surface area contributed by atoms with Gasteiger partial charge in [-0.2, -0.15) is 0 Å². The number of ether oxygens (including phenoxy) is 1. The first-order chi connectivity index (χ1) is 12.8. The Kier molecular flexibility index (Phi) is 3.16. The summed E-state index contributed by atoms with van der Waals surface area (Å²) in [5.74, 6) is 0.684. The zero-order chi connectivity index (χ0) is 17.7. The smallest absolute Gasteiger partial charge is 0.196 e.